The van der Waals surface area contributed by atoms with Crippen LogP contribution in [0.4, 0.5) is 45.8 Å². The first-order valence-electron chi connectivity index (χ1n) is 41.4. The van der Waals surface area contributed by atoms with Gasteiger partial charge in [0.1, 0.15) is 46.3 Å². The van der Waals surface area contributed by atoms with Crippen LogP contribution in [0.25, 0.3) is 174 Å². The van der Waals surface area contributed by atoms with Crippen molar-refractivity contribution in [2.45, 2.75) is 0 Å². The molecule has 0 aliphatic rings. The molecule has 0 aliphatic heterocycles. The Morgan fingerprint density at radius 3 is 0.875 bits per heavy atom. The van der Waals surface area contributed by atoms with Gasteiger partial charge in [0, 0.05) is 66.4 Å². The second kappa shape index (κ2) is 32.6. The number of hydrogen-bond acceptors (Lipinski definition) is 12. The number of nitriles is 4. The average molecular weight is 1630 g/mol. The van der Waals surface area contributed by atoms with E-state index in [2.05, 4.69) is 447 Å². The molecule has 0 spiro atoms. The van der Waals surface area contributed by atoms with Crippen molar-refractivity contribution < 1.29 is 0 Å². The molecular formula is C112H64N16. The van der Waals surface area contributed by atoms with Crippen LogP contribution >= 0.6 is 0 Å². The standard InChI is InChI=1S/C52H36N2.C42H28N2.C18N12/c1-3-17-41(18-4-1)53(51-35-39-15-7-9-21-45(39)47-23-11-13-25-49(47)51)43-31-27-37(28-32-43)38-29-33-44(34-30-38)54(42-19-5-2-6-20-42)52-36-40-16-8-10-22-46(40)48-24-12-14-26-50(48)52;1-3-11-29(12-4-1)30-19-23-34(24-20-30)44-40-18-10-8-16-36(40)38-28-32(22-26-42(38)44)31-21-25-41-37(27-31)35-15-7-9-17-39(35)43(41)33-13-5-2-6-14-33;1-23-17-18(24-2)30-16-14-12(26-8(4-20)10(6-22)28-14)11-13(15(16)29-17)27-9(5-21)7(3-19)25-11/h1-36H;1-28H;. The van der Waals surface area contributed by atoms with Gasteiger partial charge in [-0.25, -0.2) is 19.9 Å². The lowest BCUT2D eigenvalue weighted by Crippen LogP contribution is -2.10. The molecule has 0 aliphatic carbocycles. The van der Waals surface area contributed by atoms with Gasteiger partial charge >= 0.3 is 0 Å². The molecule has 0 atom stereocenters. The predicted molar refractivity (Wildman–Crippen MR) is 514 cm³/mol. The van der Waals surface area contributed by atoms with Crippen LogP contribution in [0.2, 0.25) is 0 Å². The van der Waals surface area contributed by atoms with Crippen molar-refractivity contribution in [2.24, 2.45) is 0 Å². The number of aromatic nitrogens is 8. The molecule has 5 aromatic heterocycles. The van der Waals surface area contributed by atoms with Crippen molar-refractivity contribution in [1.29, 1.82) is 21.0 Å². The van der Waals surface area contributed by atoms with Gasteiger partial charge in [-0.15, -0.1) is 9.97 Å². The summed E-state index contributed by atoms with van der Waals surface area (Å²) in [7, 11) is 0. The number of benzene rings is 18. The van der Waals surface area contributed by atoms with E-state index in [0.717, 1.165) is 34.1 Å². The summed E-state index contributed by atoms with van der Waals surface area (Å²) in [5.74, 6) is -0.602. The van der Waals surface area contributed by atoms with Crippen LogP contribution in [0, 0.1) is 58.5 Å². The molecule has 16 nitrogen and oxygen atoms in total. The van der Waals surface area contributed by atoms with Crippen molar-refractivity contribution in [2.75, 3.05) is 9.80 Å². The fourth-order valence-corrected chi connectivity index (χ4v) is 17.7. The maximum absolute atomic E-state index is 9.29. The third-order valence-corrected chi connectivity index (χ3v) is 23.5. The molecular weight excluding hydrogens is 1570 g/mol. The van der Waals surface area contributed by atoms with Gasteiger partial charge in [-0.2, -0.15) is 21.0 Å². The van der Waals surface area contributed by atoms with Gasteiger partial charge in [-0.1, -0.05) is 280 Å². The molecule has 0 amide bonds. The van der Waals surface area contributed by atoms with Gasteiger partial charge in [-0.3, -0.25) is 0 Å². The fourth-order valence-electron chi connectivity index (χ4n) is 17.7. The van der Waals surface area contributed by atoms with Gasteiger partial charge in [0.25, 0.3) is 11.6 Å². The number of para-hydroxylation sites is 5. The molecule has 18 aromatic carbocycles. The highest BCUT2D eigenvalue weighted by Gasteiger charge is 2.28. The minimum absolute atomic E-state index is 0.00714. The Morgan fingerprint density at radius 1 is 0.227 bits per heavy atom. The topological polar surface area (TPSA) is 198 Å². The first kappa shape index (κ1) is 76.5. The number of nitrogens with zero attached hydrogens (tertiary/aromatic N) is 16. The lowest BCUT2D eigenvalue weighted by molar-refractivity contribution is 1.17. The van der Waals surface area contributed by atoms with Crippen LogP contribution in [-0.4, -0.2) is 39.0 Å². The van der Waals surface area contributed by atoms with E-state index in [1.54, 1.807) is 24.3 Å². The monoisotopic (exact) mass is 1630 g/mol. The number of hydrogen-bond donors (Lipinski definition) is 0. The zero-order valence-electron chi connectivity index (χ0n) is 68.1. The Bertz CT molecular complexity index is 8130. The quantitative estimate of drug-likeness (QED) is 0.0878. The van der Waals surface area contributed by atoms with Crippen LogP contribution in [0.15, 0.2) is 388 Å². The summed E-state index contributed by atoms with van der Waals surface area (Å²) in [5.41, 5.74) is 20.1. The second-order valence-electron chi connectivity index (χ2n) is 30.7. The number of fused-ring (bicyclic) bond motifs is 18. The van der Waals surface area contributed by atoms with E-state index in [1.165, 1.54) is 131 Å². The molecule has 592 valence electrons. The van der Waals surface area contributed by atoms with Crippen LogP contribution in [-0.2, 0) is 0 Å². The minimum atomic E-state index is -0.301. The largest absolute Gasteiger partial charge is 0.370 e. The van der Waals surface area contributed by atoms with Crippen LogP contribution in [0.5, 0.6) is 0 Å². The smallest absolute Gasteiger partial charge is 0.294 e. The summed E-state index contributed by atoms with van der Waals surface area (Å²) in [6.07, 6.45) is 0. The summed E-state index contributed by atoms with van der Waals surface area (Å²) in [4.78, 5) is 35.9. The summed E-state index contributed by atoms with van der Waals surface area (Å²) in [6.45, 7) is 14.5. The zero-order valence-corrected chi connectivity index (χ0v) is 68.1. The van der Waals surface area contributed by atoms with Crippen molar-refractivity contribution in [3.8, 4) is 69.0 Å². The normalized spacial score (nSPS) is 11.1. The van der Waals surface area contributed by atoms with Gasteiger partial charge < -0.3 is 28.6 Å². The summed E-state index contributed by atoms with van der Waals surface area (Å²) >= 11 is 0. The lowest BCUT2D eigenvalue weighted by atomic mass is 9.98. The second-order valence-corrected chi connectivity index (χ2v) is 30.7. The van der Waals surface area contributed by atoms with Gasteiger partial charge in [0.2, 0.25) is 11.0 Å². The van der Waals surface area contributed by atoms with E-state index in [4.69, 9.17) is 13.1 Å². The van der Waals surface area contributed by atoms with E-state index in [0.29, 0.717) is 0 Å². The third-order valence-electron chi connectivity index (χ3n) is 23.5. The van der Waals surface area contributed by atoms with Crippen molar-refractivity contribution in [3.63, 3.8) is 0 Å². The van der Waals surface area contributed by atoms with E-state index in [1.807, 2.05) is 0 Å². The number of rotatable bonds is 11. The molecule has 0 saturated carbocycles. The summed E-state index contributed by atoms with van der Waals surface area (Å²) < 4.78 is 4.76. The Morgan fingerprint density at radius 2 is 0.500 bits per heavy atom. The molecule has 128 heavy (non-hydrogen) atoms. The third kappa shape index (κ3) is 13.5. The van der Waals surface area contributed by atoms with Gasteiger partial charge in [0.05, 0.1) is 33.4 Å². The van der Waals surface area contributed by atoms with E-state index in [-0.39, 0.29) is 67.5 Å². The first-order valence-corrected chi connectivity index (χ1v) is 41.4. The SMILES string of the molecule is [C-]#[N+]c1nc2c3nc(C#N)c(C#N)nc3c3nc(C#N)c(C#N)nc3c2nc1[N+]#[C-].c1ccc(-c2ccc(-n3c4ccccc4c4cc(-c5ccc6c(c5)c5ccccc5n6-c5ccccc5)ccc43)cc2)cc1.c1ccc(N(c2ccc(-c3ccc(N(c4ccccc4)c4cc5ccccc5c5ccccc45)cc3)cc2)c2cc3ccccc3c3ccccc23)cc1. The average Bonchev–Trinajstić information content (AvgIpc) is 1.24. The molecule has 23 rings (SSSR count). The van der Waals surface area contributed by atoms with Crippen molar-refractivity contribution in [3.05, 3.63) is 434 Å². The molecule has 5 heterocycles. The summed E-state index contributed by atoms with van der Waals surface area (Å²) in [5, 5.41) is 52.2. The van der Waals surface area contributed by atoms with Crippen molar-refractivity contribution >= 4 is 166 Å². The zero-order chi connectivity index (χ0) is 86.3. The molecule has 0 N–H and O–H groups in total. The Hall–Kier alpha value is -18.8. The Labute approximate surface area is 733 Å². The van der Waals surface area contributed by atoms with Crippen LogP contribution in [0.3, 0.4) is 0 Å². The summed E-state index contributed by atoms with van der Waals surface area (Å²) in [6, 6.07) is 147. The maximum atomic E-state index is 9.29. The fraction of sp³-hybridized carbons (Fsp3) is 0. The molecule has 0 bridgehead atoms. The highest BCUT2D eigenvalue weighted by atomic mass is 15.2. The Balaban J connectivity index is 0.000000122. The highest BCUT2D eigenvalue weighted by molar-refractivity contribution is 6.20. The van der Waals surface area contributed by atoms with Crippen LogP contribution in [0.1, 0.15) is 22.8 Å². The molecule has 16 heteroatoms. The maximum Gasteiger partial charge on any atom is 0.294 e. The minimum Gasteiger partial charge on any atom is -0.370 e. The molecule has 0 unspecified atom stereocenters. The van der Waals surface area contributed by atoms with Crippen LogP contribution < -0.4 is 9.80 Å². The highest BCUT2D eigenvalue weighted by Crippen LogP contribution is 2.47. The van der Waals surface area contributed by atoms with Crippen molar-refractivity contribution in [1.82, 2.24) is 39.0 Å². The molecule has 0 saturated heterocycles. The molecule has 23 aromatic rings. The molecule has 0 fully saturated rings. The first-order chi connectivity index (χ1) is 63.2. The van der Waals surface area contributed by atoms with Gasteiger partial charge in [-0.05, 0) is 187 Å². The van der Waals surface area contributed by atoms with E-state index < -0.39 is 0 Å². The lowest BCUT2D eigenvalue weighted by Gasteiger charge is -2.28. The Kier molecular flexibility index (Phi) is 19.5. The predicted octanol–water partition coefficient (Wildman–Crippen LogP) is 28.2. The number of anilines is 6. The molecule has 0 radical (unpaired) electrons. The van der Waals surface area contributed by atoms with E-state index >= 15 is 0 Å². The van der Waals surface area contributed by atoms with Gasteiger partial charge in [0.15, 0.2) is 22.8 Å². The van der Waals surface area contributed by atoms with E-state index in [9.17, 15) is 21.0 Å².